The Kier molecular flexibility index (Phi) is 9.99. The van der Waals surface area contributed by atoms with E-state index in [1.807, 2.05) is 84.6 Å². The van der Waals surface area contributed by atoms with Gasteiger partial charge in [0, 0.05) is 65.2 Å². The SMILES string of the molecule is CC(=O)Nc1ccc(C(=O)/C(=C/N(C)C)N2CCN(C(=O)OCc3ccccc3)CC2)c(OCc2ccccc2)c1. The summed E-state index contributed by atoms with van der Waals surface area (Å²) < 4.78 is 11.6. The van der Waals surface area contributed by atoms with E-state index in [1.165, 1.54) is 6.92 Å². The molecule has 1 heterocycles. The van der Waals surface area contributed by atoms with Crippen molar-refractivity contribution >= 4 is 23.5 Å². The van der Waals surface area contributed by atoms with Crippen LogP contribution in [-0.2, 0) is 22.7 Å². The maximum absolute atomic E-state index is 14.0. The summed E-state index contributed by atoms with van der Waals surface area (Å²) >= 11 is 0. The average Bonchev–Trinajstić information content (AvgIpc) is 2.98. The van der Waals surface area contributed by atoms with Gasteiger partial charge in [0.2, 0.25) is 11.7 Å². The summed E-state index contributed by atoms with van der Waals surface area (Å²) in [6.45, 7) is 3.69. The van der Waals surface area contributed by atoms with E-state index >= 15 is 0 Å². The van der Waals surface area contributed by atoms with Gasteiger partial charge in [0.1, 0.15) is 24.7 Å². The fourth-order valence-corrected chi connectivity index (χ4v) is 4.45. The third-order valence-electron chi connectivity index (χ3n) is 6.48. The molecule has 1 aliphatic rings. The Morgan fingerprint density at radius 3 is 2.00 bits per heavy atom. The Labute approximate surface area is 241 Å². The van der Waals surface area contributed by atoms with Crippen molar-refractivity contribution in [2.75, 3.05) is 45.6 Å². The lowest BCUT2D eigenvalue weighted by Crippen LogP contribution is -2.49. The van der Waals surface area contributed by atoms with Crippen molar-refractivity contribution in [2.24, 2.45) is 0 Å². The van der Waals surface area contributed by atoms with Crippen LogP contribution >= 0.6 is 0 Å². The highest BCUT2D eigenvalue weighted by Crippen LogP contribution is 2.28. The van der Waals surface area contributed by atoms with Crippen LogP contribution in [0.15, 0.2) is 90.8 Å². The zero-order chi connectivity index (χ0) is 29.2. The van der Waals surface area contributed by atoms with Gasteiger partial charge in [-0.05, 0) is 23.3 Å². The second-order valence-corrected chi connectivity index (χ2v) is 9.99. The Morgan fingerprint density at radius 1 is 0.829 bits per heavy atom. The summed E-state index contributed by atoms with van der Waals surface area (Å²) in [6.07, 6.45) is 1.41. The van der Waals surface area contributed by atoms with Crippen LogP contribution in [0.1, 0.15) is 28.4 Å². The molecule has 0 aromatic heterocycles. The maximum Gasteiger partial charge on any atom is 0.410 e. The molecule has 0 aliphatic carbocycles. The van der Waals surface area contributed by atoms with Gasteiger partial charge in [0.25, 0.3) is 0 Å². The number of carbonyl (C=O) groups is 3. The quantitative estimate of drug-likeness (QED) is 0.284. The molecule has 214 valence electrons. The first-order valence-electron chi connectivity index (χ1n) is 13.5. The van der Waals surface area contributed by atoms with Gasteiger partial charge in [-0.1, -0.05) is 60.7 Å². The lowest BCUT2D eigenvalue weighted by molar-refractivity contribution is -0.114. The highest BCUT2D eigenvalue weighted by atomic mass is 16.6. The summed E-state index contributed by atoms with van der Waals surface area (Å²) in [6, 6.07) is 24.3. The molecule has 3 aromatic rings. The van der Waals surface area contributed by atoms with Gasteiger partial charge in [-0.25, -0.2) is 4.79 Å². The number of nitrogens with zero attached hydrogens (tertiary/aromatic N) is 3. The Hall–Kier alpha value is -4.79. The minimum atomic E-state index is -0.372. The van der Waals surface area contributed by atoms with Gasteiger partial charge < -0.3 is 29.5 Å². The van der Waals surface area contributed by atoms with Gasteiger partial charge in [-0.2, -0.15) is 0 Å². The third-order valence-corrected chi connectivity index (χ3v) is 6.48. The number of hydrogen-bond donors (Lipinski definition) is 1. The number of rotatable bonds is 10. The van der Waals surface area contributed by atoms with E-state index in [1.54, 1.807) is 29.3 Å². The zero-order valence-electron chi connectivity index (χ0n) is 23.7. The summed E-state index contributed by atoms with van der Waals surface area (Å²) in [5.41, 5.74) is 3.29. The van der Waals surface area contributed by atoms with Gasteiger partial charge in [-0.3, -0.25) is 9.59 Å². The number of Topliss-reactive ketones (excluding diaryl/α,β-unsaturated/α-hetero) is 1. The van der Waals surface area contributed by atoms with Crippen molar-refractivity contribution in [1.29, 1.82) is 0 Å². The minimum absolute atomic E-state index is 0.212. The number of amides is 2. The highest BCUT2D eigenvalue weighted by molar-refractivity contribution is 6.10. The molecule has 4 rings (SSSR count). The first-order valence-corrected chi connectivity index (χ1v) is 13.5. The number of carbonyl (C=O) groups excluding carboxylic acids is 3. The Morgan fingerprint density at radius 2 is 1.41 bits per heavy atom. The number of allylic oxidation sites excluding steroid dienone is 1. The molecule has 0 spiro atoms. The molecule has 0 bridgehead atoms. The molecule has 1 saturated heterocycles. The number of piperazine rings is 1. The van der Waals surface area contributed by atoms with Crippen LogP contribution in [0.25, 0.3) is 0 Å². The molecule has 9 nitrogen and oxygen atoms in total. The van der Waals surface area contributed by atoms with Crippen LogP contribution in [0.3, 0.4) is 0 Å². The number of benzene rings is 3. The van der Waals surface area contributed by atoms with E-state index in [-0.39, 0.29) is 31.0 Å². The largest absolute Gasteiger partial charge is 0.488 e. The smallest absolute Gasteiger partial charge is 0.410 e. The molecule has 2 amide bonds. The first-order chi connectivity index (χ1) is 19.8. The van der Waals surface area contributed by atoms with Crippen molar-refractivity contribution in [1.82, 2.24) is 14.7 Å². The molecular formula is C32H36N4O5. The van der Waals surface area contributed by atoms with Gasteiger partial charge in [0.05, 0.1) is 5.56 Å². The molecule has 0 atom stereocenters. The summed E-state index contributed by atoms with van der Waals surface area (Å²) in [4.78, 5) is 43.8. The van der Waals surface area contributed by atoms with Crippen LogP contribution in [-0.4, -0.2) is 72.8 Å². The number of nitrogens with one attached hydrogen (secondary N) is 1. The molecule has 1 fully saturated rings. The van der Waals surface area contributed by atoms with Crippen LogP contribution < -0.4 is 10.1 Å². The second kappa shape index (κ2) is 14.0. The van der Waals surface area contributed by atoms with Gasteiger partial charge in [-0.15, -0.1) is 0 Å². The molecule has 9 heteroatoms. The van der Waals surface area contributed by atoms with Crippen LogP contribution in [0.2, 0.25) is 0 Å². The van der Waals surface area contributed by atoms with E-state index in [0.29, 0.717) is 48.9 Å². The lowest BCUT2D eigenvalue weighted by Gasteiger charge is -2.36. The predicted octanol–water partition coefficient (Wildman–Crippen LogP) is 4.76. The molecule has 0 radical (unpaired) electrons. The fraction of sp³-hybridized carbons (Fsp3) is 0.281. The summed E-state index contributed by atoms with van der Waals surface area (Å²) in [7, 11) is 3.72. The van der Waals surface area contributed by atoms with Crippen molar-refractivity contribution in [3.63, 3.8) is 0 Å². The van der Waals surface area contributed by atoms with E-state index in [4.69, 9.17) is 9.47 Å². The first kappa shape index (κ1) is 29.2. The summed E-state index contributed by atoms with van der Waals surface area (Å²) in [5.74, 6) is -0.0550. The average molecular weight is 557 g/mol. The van der Waals surface area contributed by atoms with Crippen LogP contribution in [0, 0.1) is 0 Å². The predicted molar refractivity (Wildman–Crippen MR) is 157 cm³/mol. The van der Waals surface area contributed by atoms with Crippen LogP contribution in [0.5, 0.6) is 5.75 Å². The monoisotopic (exact) mass is 556 g/mol. The van der Waals surface area contributed by atoms with E-state index < -0.39 is 0 Å². The van der Waals surface area contributed by atoms with Crippen molar-refractivity contribution in [3.8, 4) is 5.75 Å². The number of ketones is 1. The van der Waals surface area contributed by atoms with Gasteiger partial charge >= 0.3 is 6.09 Å². The minimum Gasteiger partial charge on any atom is -0.488 e. The van der Waals surface area contributed by atoms with Gasteiger partial charge in [0.15, 0.2) is 0 Å². The summed E-state index contributed by atoms with van der Waals surface area (Å²) in [5, 5.41) is 2.76. The zero-order valence-corrected chi connectivity index (χ0v) is 23.7. The number of ether oxygens (including phenoxy) is 2. The molecule has 0 saturated carbocycles. The Balaban J connectivity index is 1.49. The lowest BCUT2D eigenvalue weighted by atomic mass is 10.0. The van der Waals surface area contributed by atoms with Crippen molar-refractivity contribution in [3.05, 3.63) is 107 Å². The van der Waals surface area contributed by atoms with Crippen molar-refractivity contribution in [2.45, 2.75) is 20.1 Å². The molecule has 3 aromatic carbocycles. The number of hydrogen-bond acceptors (Lipinski definition) is 7. The van der Waals surface area contributed by atoms with Crippen molar-refractivity contribution < 1.29 is 23.9 Å². The van der Waals surface area contributed by atoms with Crippen LogP contribution in [0.4, 0.5) is 10.5 Å². The molecule has 41 heavy (non-hydrogen) atoms. The molecule has 0 unspecified atom stereocenters. The maximum atomic E-state index is 14.0. The molecular weight excluding hydrogens is 520 g/mol. The molecule has 1 N–H and O–H groups in total. The van der Waals surface area contributed by atoms with E-state index in [2.05, 4.69) is 5.32 Å². The fourth-order valence-electron chi connectivity index (χ4n) is 4.45. The number of anilines is 1. The van der Waals surface area contributed by atoms with E-state index in [0.717, 1.165) is 11.1 Å². The standard InChI is InChI=1S/C32H36N4O5/c1-24(37)33-27-14-15-28(30(20-27)40-22-25-10-6-4-7-11-25)31(38)29(21-34(2)3)35-16-18-36(19-17-35)32(39)41-23-26-12-8-5-9-13-26/h4-15,20-21H,16-19,22-23H2,1-3H3,(H,33,37)/b29-21-. The third kappa shape index (κ3) is 8.35. The van der Waals surface area contributed by atoms with E-state index in [9.17, 15) is 14.4 Å². The topological polar surface area (TPSA) is 91.4 Å². The Bertz CT molecular complexity index is 1370. The second-order valence-electron chi connectivity index (χ2n) is 9.99. The normalized spacial score (nSPS) is 13.4. The molecule has 1 aliphatic heterocycles. The highest BCUT2D eigenvalue weighted by Gasteiger charge is 2.28.